The number of fused-ring (bicyclic) bond motifs is 2. The molecule has 0 atom stereocenters. The third-order valence-corrected chi connectivity index (χ3v) is 6.53. The lowest BCUT2D eigenvalue weighted by Gasteiger charge is -2.19. The summed E-state index contributed by atoms with van der Waals surface area (Å²) in [6.45, 7) is 1.10. The largest absolute Gasteiger partial charge is 0.486 e. The maximum absolute atomic E-state index is 6.82. The molecule has 0 saturated carbocycles. The van der Waals surface area contributed by atoms with E-state index in [-0.39, 0.29) is 0 Å². The minimum atomic E-state index is -0.436. The zero-order valence-corrected chi connectivity index (χ0v) is 19.1. The number of halogens is 1. The molecule has 32 heavy (non-hydrogen) atoms. The number of benzene rings is 3. The van der Waals surface area contributed by atoms with Crippen LogP contribution in [0.2, 0.25) is 5.02 Å². The summed E-state index contributed by atoms with van der Waals surface area (Å²) in [5, 5.41) is 4.98. The van der Waals surface area contributed by atoms with Gasteiger partial charge in [-0.25, -0.2) is 0 Å². The summed E-state index contributed by atoms with van der Waals surface area (Å²) in [5.74, 6) is 2.21. The quantitative estimate of drug-likeness (QED) is 0.329. The van der Waals surface area contributed by atoms with Crippen molar-refractivity contribution in [3.8, 4) is 22.6 Å². The van der Waals surface area contributed by atoms with Crippen molar-refractivity contribution in [3.05, 3.63) is 65.2 Å². The van der Waals surface area contributed by atoms with Gasteiger partial charge in [0.1, 0.15) is 13.2 Å². The highest BCUT2D eigenvalue weighted by atomic mass is 35.5. The molecule has 0 amide bonds. The van der Waals surface area contributed by atoms with E-state index in [4.69, 9.17) is 30.5 Å². The molecule has 1 aliphatic rings. The van der Waals surface area contributed by atoms with Gasteiger partial charge >= 0.3 is 0 Å². The fraction of sp³-hybridized carbons (Fsp3) is 0.208. The Bertz CT molecular complexity index is 1270. The van der Waals surface area contributed by atoms with Crippen LogP contribution in [0, 0.1) is 0 Å². The van der Waals surface area contributed by atoms with E-state index in [1.54, 1.807) is 14.2 Å². The molecule has 3 aromatic carbocycles. The van der Waals surface area contributed by atoms with Gasteiger partial charge < -0.3 is 24.3 Å². The number of ether oxygens (including phenoxy) is 4. The van der Waals surface area contributed by atoms with Crippen LogP contribution >= 0.6 is 23.1 Å². The summed E-state index contributed by atoms with van der Waals surface area (Å²) < 4.78 is 27.8. The number of methoxy groups -OCH3 is 2. The number of rotatable bonds is 6. The van der Waals surface area contributed by atoms with Gasteiger partial charge in [-0.15, -0.1) is 0 Å². The molecule has 0 unspecified atom stereocenters. The average Bonchev–Trinajstić information content (AvgIpc) is 3.23. The molecule has 1 aromatic heterocycles. The SMILES string of the molecule is COC(OC)c1ccc2snc(Nc3cccc(-c4ccc5c(c4)OCCO5)c3Cl)c2c1. The Morgan fingerprint density at radius 3 is 2.62 bits per heavy atom. The molecule has 164 valence electrons. The standard InChI is InChI=1S/C24H21ClN2O4S/c1-28-24(29-2)15-7-9-21-17(12-15)23(27-32-21)26-18-5-3-4-16(22(18)25)14-6-8-19-20(13-14)31-11-10-30-19/h3-9,12-13,24H,10-11H2,1-2H3,(H,26,27). The topological polar surface area (TPSA) is 61.8 Å². The van der Waals surface area contributed by atoms with E-state index in [0.29, 0.717) is 18.2 Å². The maximum Gasteiger partial charge on any atom is 0.183 e. The van der Waals surface area contributed by atoms with Crippen LogP contribution in [-0.2, 0) is 9.47 Å². The predicted octanol–water partition coefficient (Wildman–Crippen LogP) is 6.42. The first-order valence-corrected chi connectivity index (χ1v) is 11.2. The van der Waals surface area contributed by atoms with Crippen LogP contribution in [0.15, 0.2) is 54.6 Å². The van der Waals surface area contributed by atoms with E-state index in [2.05, 4.69) is 9.69 Å². The Balaban J connectivity index is 1.49. The lowest BCUT2D eigenvalue weighted by atomic mass is 10.0. The first kappa shape index (κ1) is 21.0. The van der Waals surface area contributed by atoms with E-state index in [9.17, 15) is 0 Å². The first-order chi connectivity index (χ1) is 15.7. The van der Waals surface area contributed by atoms with Crippen molar-refractivity contribution in [1.29, 1.82) is 0 Å². The van der Waals surface area contributed by atoms with Gasteiger partial charge in [0.05, 0.1) is 15.4 Å². The molecule has 2 heterocycles. The van der Waals surface area contributed by atoms with Gasteiger partial charge in [0.15, 0.2) is 23.6 Å². The number of nitrogens with zero attached hydrogens (tertiary/aromatic N) is 1. The van der Waals surface area contributed by atoms with Gasteiger partial charge in [-0.1, -0.05) is 35.9 Å². The highest BCUT2D eigenvalue weighted by Gasteiger charge is 2.17. The predicted molar refractivity (Wildman–Crippen MR) is 128 cm³/mol. The molecule has 1 N–H and O–H groups in total. The second-order valence-electron chi connectivity index (χ2n) is 7.24. The molecule has 0 radical (unpaired) electrons. The molecule has 8 heteroatoms. The third-order valence-electron chi connectivity index (χ3n) is 5.30. The number of nitrogens with one attached hydrogen (secondary N) is 1. The Morgan fingerprint density at radius 2 is 1.81 bits per heavy atom. The van der Waals surface area contributed by atoms with Crippen molar-refractivity contribution in [3.63, 3.8) is 0 Å². The fourth-order valence-corrected chi connectivity index (χ4v) is 4.75. The normalized spacial score (nSPS) is 13.0. The molecule has 6 nitrogen and oxygen atoms in total. The van der Waals surface area contributed by atoms with E-state index in [0.717, 1.165) is 49.8 Å². The molecule has 0 aliphatic carbocycles. The fourth-order valence-electron chi connectivity index (χ4n) is 3.75. The van der Waals surface area contributed by atoms with Gasteiger partial charge in [0.2, 0.25) is 0 Å². The summed E-state index contributed by atoms with van der Waals surface area (Å²) in [6.07, 6.45) is -0.436. The van der Waals surface area contributed by atoms with Gasteiger partial charge in [-0.05, 0) is 47.4 Å². The molecule has 1 aliphatic heterocycles. The summed E-state index contributed by atoms with van der Waals surface area (Å²) in [7, 11) is 3.24. The summed E-state index contributed by atoms with van der Waals surface area (Å²) in [6, 6.07) is 17.8. The second-order valence-corrected chi connectivity index (χ2v) is 8.42. The van der Waals surface area contributed by atoms with Gasteiger partial charge in [0, 0.05) is 30.7 Å². The van der Waals surface area contributed by atoms with Crippen LogP contribution in [0.5, 0.6) is 11.5 Å². The van der Waals surface area contributed by atoms with Crippen molar-refractivity contribution in [2.75, 3.05) is 32.8 Å². The highest BCUT2D eigenvalue weighted by Crippen LogP contribution is 2.40. The molecule has 5 rings (SSSR count). The minimum Gasteiger partial charge on any atom is -0.486 e. The minimum absolute atomic E-state index is 0.436. The molecule has 0 saturated heterocycles. The zero-order valence-electron chi connectivity index (χ0n) is 17.6. The molecular weight excluding hydrogens is 448 g/mol. The van der Waals surface area contributed by atoms with Crippen molar-refractivity contribution in [2.24, 2.45) is 0 Å². The van der Waals surface area contributed by atoms with E-state index in [1.807, 2.05) is 54.6 Å². The Kier molecular flexibility index (Phi) is 5.89. The molecule has 0 bridgehead atoms. The highest BCUT2D eigenvalue weighted by molar-refractivity contribution is 7.13. The van der Waals surface area contributed by atoms with Crippen molar-refractivity contribution in [2.45, 2.75) is 6.29 Å². The number of hydrogen-bond donors (Lipinski definition) is 1. The Morgan fingerprint density at radius 1 is 1.00 bits per heavy atom. The van der Waals surface area contributed by atoms with Crippen molar-refractivity contribution in [1.82, 2.24) is 4.37 Å². The van der Waals surface area contributed by atoms with Crippen LogP contribution in [0.25, 0.3) is 21.2 Å². The molecule has 0 fully saturated rings. The van der Waals surface area contributed by atoms with Crippen molar-refractivity contribution >= 4 is 44.7 Å². The maximum atomic E-state index is 6.82. The summed E-state index contributed by atoms with van der Waals surface area (Å²) in [5.41, 5.74) is 3.54. The van der Waals surface area contributed by atoms with Crippen LogP contribution in [0.1, 0.15) is 11.9 Å². The zero-order chi connectivity index (χ0) is 22.1. The Labute approximate surface area is 194 Å². The molecule has 4 aromatic rings. The summed E-state index contributed by atoms with van der Waals surface area (Å²) in [4.78, 5) is 0. The number of aromatic nitrogens is 1. The summed E-state index contributed by atoms with van der Waals surface area (Å²) >= 11 is 8.25. The number of hydrogen-bond acceptors (Lipinski definition) is 7. The smallest absolute Gasteiger partial charge is 0.183 e. The van der Waals surface area contributed by atoms with Crippen molar-refractivity contribution < 1.29 is 18.9 Å². The third kappa shape index (κ3) is 3.89. The molecule has 0 spiro atoms. The van der Waals surface area contributed by atoms with Crippen LogP contribution in [0.3, 0.4) is 0 Å². The van der Waals surface area contributed by atoms with E-state index < -0.39 is 6.29 Å². The second kappa shape index (κ2) is 8.96. The van der Waals surface area contributed by atoms with Crippen LogP contribution in [0.4, 0.5) is 11.5 Å². The van der Waals surface area contributed by atoms with Crippen LogP contribution in [-0.4, -0.2) is 31.8 Å². The van der Waals surface area contributed by atoms with Gasteiger partial charge in [0.25, 0.3) is 0 Å². The van der Waals surface area contributed by atoms with E-state index >= 15 is 0 Å². The average molecular weight is 469 g/mol. The monoisotopic (exact) mass is 468 g/mol. The number of anilines is 2. The van der Waals surface area contributed by atoms with Gasteiger partial charge in [-0.2, -0.15) is 4.37 Å². The van der Waals surface area contributed by atoms with E-state index in [1.165, 1.54) is 11.5 Å². The van der Waals surface area contributed by atoms with Crippen LogP contribution < -0.4 is 14.8 Å². The molecular formula is C24H21ClN2O4S. The first-order valence-electron chi connectivity index (χ1n) is 10.1. The Hall–Kier alpha value is -2.84. The van der Waals surface area contributed by atoms with Gasteiger partial charge in [-0.3, -0.25) is 0 Å². The lowest BCUT2D eigenvalue weighted by molar-refractivity contribution is -0.105. The lowest BCUT2D eigenvalue weighted by Crippen LogP contribution is -2.15.